The van der Waals surface area contributed by atoms with Crippen molar-refractivity contribution in [2.24, 2.45) is 5.41 Å². The molecule has 7 heteroatoms. The highest BCUT2D eigenvalue weighted by atomic mass is 32.2. The highest BCUT2D eigenvalue weighted by Crippen LogP contribution is 2.23. The lowest BCUT2D eigenvalue weighted by molar-refractivity contribution is -0.152. The Hall–Kier alpha value is -1.50. The average molecular weight is 359 g/mol. The van der Waals surface area contributed by atoms with Crippen LogP contribution in [0.4, 0.5) is 0 Å². The lowest BCUT2D eigenvalue weighted by atomic mass is 9.97. The number of rotatable bonds is 12. The van der Waals surface area contributed by atoms with Crippen LogP contribution in [-0.2, 0) is 23.9 Å². The number of hydrogen-bond acceptors (Lipinski definition) is 6. The first kappa shape index (κ1) is 22.5. The molecular weight excluding hydrogens is 330 g/mol. The van der Waals surface area contributed by atoms with Crippen molar-refractivity contribution in [3.05, 3.63) is 12.2 Å². The Bertz CT molecular complexity index is 448. The fourth-order valence-corrected chi connectivity index (χ4v) is 2.43. The van der Waals surface area contributed by atoms with Crippen LogP contribution in [0.25, 0.3) is 0 Å². The molecule has 1 N–H and O–H groups in total. The van der Waals surface area contributed by atoms with E-state index in [0.717, 1.165) is 12.8 Å². The minimum atomic E-state index is -0.572. The molecule has 24 heavy (non-hydrogen) atoms. The summed E-state index contributed by atoms with van der Waals surface area (Å²) >= 11 is 1.52. The summed E-state index contributed by atoms with van der Waals surface area (Å²) in [6.45, 7) is 11.3. The zero-order valence-electron chi connectivity index (χ0n) is 15.1. The quantitative estimate of drug-likeness (QED) is 0.327. The highest BCUT2D eigenvalue weighted by Gasteiger charge is 2.29. The highest BCUT2D eigenvalue weighted by molar-refractivity contribution is 7.99. The summed E-state index contributed by atoms with van der Waals surface area (Å²) in [6.07, 6.45) is 1.85. The smallest absolute Gasteiger partial charge is 0.325 e. The molecule has 0 rings (SSSR count). The summed E-state index contributed by atoms with van der Waals surface area (Å²) in [7, 11) is 0. The van der Waals surface area contributed by atoms with Gasteiger partial charge in [-0.2, -0.15) is 11.8 Å². The minimum absolute atomic E-state index is 0.175. The molecule has 0 aliphatic heterocycles. The van der Waals surface area contributed by atoms with Gasteiger partial charge < -0.3 is 14.8 Å². The molecule has 0 heterocycles. The summed E-state index contributed by atoms with van der Waals surface area (Å²) < 4.78 is 10.2. The van der Waals surface area contributed by atoms with Gasteiger partial charge >= 0.3 is 11.9 Å². The number of ether oxygens (including phenoxy) is 2. The summed E-state index contributed by atoms with van der Waals surface area (Å²) in [5.41, 5.74) is -0.232. The van der Waals surface area contributed by atoms with Gasteiger partial charge in [-0.1, -0.05) is 19.9 Å². The number of amides is 1. The zero-order chi connectivity index (χ0) is 18.6. The standard InChI is InChI=1S/C17H29NO5S/c1-6-7-8-23-16(21)17(4,5)12-24-10-9-22-14(19)11-18-15(20)13(2)3/h2,6-12H2,1,3-5H3,(H,18,20). The van der Waals surface area contributed by atoms with Crippen LogP contribution >= 0.6 is 11.8 Å². The Kier molecular flexibility index (Phi) is 11.2. The van der Waals surface area contributed by atoms with Gasteiger partial charge in [0.25, 0.3) is 0 Å². The Balaban J connectivity index is 3.84. The number of hydrogen-bond donors (Lipinski definition) is 1. The molecule has 0 aliphatic rings. The van der Waals surface area contributed by atoms with Gasteiger partial charge in [0.1, 0.15) is 13.2 Å². The van der Waals surface area contributed by atoms with E-state index in [9.17, 15) is 14.4 Å². The summed E-state index contributed by atoms with van der Waals surface area (Å²) in [5.74, 6) is 0.0874. The van der Waals surface area contributed by atoms with E-state index < -0.39 is 11.4 Å². The Morgan fingerprint density at radius 2 is 1.83 bits per heavy atom. The van der Waals surface area contributed by atoms with Crippen LogP contribution in [0, 0.1) is 5.41 Å². The monoisotopic (exact) mass is 359 g/mol. The van der Waals surface area contributed by atoms with E-state index in [1.165, 1.54) is 11.8 Å². The van der Waals surface area contributed by atoms with Crippen molar-refractivity contribution < 1.29 is 23.9 Å². The second-order valence-corrected chi connectivity index (χ2v) is 7.21. The van der Waals surface area contributed by atoms with Gasteiger partial charge in [-0.15, -0.1) is 0 Å². The molecule has 6 nitrogen and oxygen atoms in total. The predicted octanol–water partition coefficient (Wildman–Crippen LogP) is 2.32. The van der Waals surface area contributed by atoms with Crippen LogP contribution in [0.3, 0.4) is 0 Å². The molecule has 0 aliphatic carbocycles. The molecule has 0 aromatic rings. The maximum absolute atomic E-state index is 11.9. The Morgan fingerprint density at radius 3 is 2.42 bits per heavy atom. The first-order chi connectivity index (χ1) is 11.2. The maximum Gasteiger partial charge on any atom is 0.325 e. The third kappa shape index (κ3) is 10.3. The van der Waals surface area contributed by atoms with Crippen molar-refractivity contribution in [2.45, 2.75) is 40.5 Å². The van der Waals surface area contributed by atoms with Crippen molar-refractivity contribution in [3.63, 3.8) is 0 Å². The topological polar surface area (TPSA) is 81.7 Å². The predicted molar refractivity (Wildman–Crippen MR) is 95.8 cm³/mol. The molecule has 0 fully saturated rings. The molecule has 0 aromatic carbocycles. The first-order valence-corrected chi connectivity index (χ1v) is 9.20. The van der Waals surface area contributed by atoms with E-state index in [2.05, 4.69) is 11.9 Å². The normalized spacial score (nSPS) is 10.8. The van der Waals surface area contributed by atoms with Crippen molar-refractivity contribution in [2.75, 3.05) is 31.3 Å². The van der Waals surface area contributed by atoms with Gasteiger partial charge in [-0.3, -0.25) is 14.4 Å². The van der Waals surface area contributed by atoms with Crippen LogP contribution < -0.4 is 5.32 Å². The number of carbonyl (C=O) groups excluding carboxylic acids is 3. The largest absolute Gasteiger partial charge is 0.465 e. The van der Waals surface area contributed by atoms with Crippen molar-refractivity contribution in [1.82, 2.24) is 5.32 Å². The number of unbranched alkanes of at least 4 members (excludes halogenated alkanes) is 1. The van der Waals surface area contributed by atoms with Gasteiger partial charge in [-0.05, 0) is 27.2 Å². The molecule has 0 radical (unpaired) electrons. The van der Waals surface area contributed by atoms with Crippen LogP contribution in [0.15, 0.2) is 12.2 Å². The third-order valence-electron chi connectivity index (χ3n) is 3.02. The van der Waals surface area contributed by atoms with Gasteiger partial charge in [0.2, 0.25) is 5.91 Å². The fraction of sp³-hybridized carbons (Fsp3) is 0.706. The number of nitrogens with one attached hydrogen (secondary N) is 1. The molecule has 0 bridgehead atoms. The van der Waals surface area contributed by atoms with E-state index in [1.807, 2.05) is 20.8 Å². The number of carbonyl (C=O) groups is 3. The molecule has 138 valence electrons. The molecule has 0 aromatic heterocycles. The maximum atomic E-state index is 11.9. The molecule has 0 atom stereocenters. The molecular formula is C17H29NO5S. The van der Waals surface area contributed by atoms with E-state index in [0.29, 0.717) is 23.7 Å². The van der Waals surface area contributed by atoms with Gasteiger partial charge in [-0.25, -0.2) is 0 Å². The molecule has 0 unspecified atom stereocenters. The average Bonchev–Trinajstić information content (AvgIpc) is 2.52. The van der Waals surface area contributed by atoms with Crippen molar-refractivity contribution >= 4 is 29.6 Å². The summed E-state index contributed by atoms with van der Waals surface area (Å²) in [6, 6.07) is 0. The zero-order valence-corrected chi connectivity index (χ0v) is 15.9. The summed E-state index contributed by atoms with van der Waals surface area (Å²) in [5, 5.41) is 2.41. The molecule has 1 amide bonds. The SMILES string of the molecule is C=C(C)C(=O)NCC(=O)OCCSCC(C)(C)C(=O)OCCCC. The van der Waals surface area contributed by atoms with Crippen LogP contribution in [-0.4, -0.2) is 49.1 Å². The Labute approximate surface area is 148 Å². The minimum Gasteiger partial charge on any atom is -0.465 e. The lowest BCUT2D eigenvalue weighted by Crippen LogP contribution is -2.31. The number of thioether (sulfide) groups is 1. The van der Waals surface area contributed by atoms with Crippen molar-refractivity contribution in [1.29, 1.82) is 0 Å². The van der Waals surface area contributed by atoms with Gasteiger partial charge in [0.05, 0.1) is 12.0 Å². The van der Waals surface area contributed by atoms with Crippen LogP contribution in [0.2, 0.25) is 0 Å². The van der Waals surface area contributed by atoms with Crippen molar-refractivity contribution in [3.8, 4) is 0 Å². The second-order valence-electron chi connectivity index (χ2n) is 6.11. The van der Waals surface area contributed by atoms with E-state index >= 15 is 0 Å². The molecule has 0 spiro atoms. The third-order valence-corrected chi connectivity index (χ3v) is 4.40. The van der Waals surface area contributed by atoms with E-state index in [4.69, 9.17) is 9.47 Å². The summed E-state index contributed by atoms with van der Waals surface area (Å²) in [4.78, 5) is 34.6. The van der Waals surface area contributed by atoms with E-state index in [-0.39, 0.29) is 25.0 Å². The Morgan fingerprint density at radius 1 is 1.17 bits per heavy atom. The lowest BCUT2D eigenvalue weighted by Gasteiger charge is -2.22. The van der Waals surface area contributed by atoms with Gasteiger partial charge in [0, 0.05) is 17.1 Å². The molecule has 0 saturated carbocycles. The molecule has 0 saturated heterocycles. The van der Waals surface area contributed by atoms with E-state index in [1.54, 1.807) is 6.92 Å². The first-order valence-electron chi connectivity index (χ1n) is 8.05. The van der Waals surface area contributed by atoms with Crippen LogP contribution in [0.5, 0.6) is 0 Å². The van der Waals surface area contributed by atoms with Gasteiger partial charge in [0.15, 0.2) is 0 Å². The van der Waals surface area contributed by atoms with Crippen LogP contribution in [0.1, 0.15) is 40.5 Å². The number of esters is 2. The second kappa shape index (κ2) is 11.9. The fourth-order valence-electron chi connectivity index (χ4n) is 1.46.